The van der Waals surface area contributed by atoms with Crippen molar-refractivity contribution in [2.75, 3.05) is 6.54 Å². The first-order valence-corrected chi connectivity index (χ1v) is 8.27. The Kier molecular flexibility index (Phi) is 4.26. The van der Waals surface area contributed by atoms with Gasteiger partial charge < -0.3 is 15.6 Å². The van der Waals surface area contributed by atoms with Crippen LogP contribution in [0, 0.1) is 26.7 Å². The Hall–Kier alpha value is -2.07. The predicted molar refractivity (Wildman–Crippen MR) is 93.0 cm³/mol. The highest BCUT2D eigenvalue weighted by atomic mass is 16.1. The molecule has 3 N–H and O–H groups in total. The minimum Gasteiger partial charge on any atom is -0.350 e. The minimum absolute atomic E-state index is 0.0342. The van der Waals surface area contributed by atoms with Crippen molar-refractivity contribution in [2.24, 2.45) is 11.7 Å². The van der Waals surface area contributed by atoms with Crippen molar-refractivity contribution in [2.45, 2.75) is 39.7 Å². The monoisotopic (exact) mass is 311 g/mol. The van der Waals surface area contributed by atoms with E-state index in [1.54, 1.807) is 0 Å². The van der Waals surface area contributed by atoms with E-state index in [9.17, 15) is 4.79 Å². The number of amides is 1. The zero-order valence-corrected chi connectivity index (χ0v) is 14.1. The molecule has 1 aromatic carbocycles. The normalized spacial score (nSPS) is 15.5. The van der Waals surface area contributed by atoms with Crippen molar-refractivity contribution in [3.8, 4) is 5.69 Å². The Morgan fingerprint density at radius 3 is 2.70 bits per heavy atom. The lowest BCUT2D eigenvalue weighted by Crippen LogP contribution is -2.38. The maximum Gasteiger partial charge on any atom is 0.253 e. The number of carbonyl (C=O) groups is 1. The van der Waals surface area contributed by atoms with Crippen LogP contribution in [0.5, 0.6) is 0 Å². The summed E-state index contributed by atoms with van der Waals surface area (Å²) >= 11 is 0. The van der Waals surface area contributed by atoms with Crippen molar-refractivity contribution in [3.05, 3.63) is 52.8 Å². The SMILES string of the molecule is Cc1cccc(-n2c(C)cc(C(=O)NCC(N)C3CC3)c2C)c1. The maximum absolute atomic E-state index is 12.5. The van der Waals surface area contributed by atoms with Gasteiger partial charge in [0.1, 0.15) is 0 Å². The van der Waals surface area contributed by atoms with E-state index in [1.165, 1.54) is 18.4 Å². The molecular formula is C19H25N3O. The van der Waals surface area contributed by atoms with Gasteiger partial charge in [0, 0.05) is 29.7 Å². The van der Waals surface area contributed by atoms with Crippen LogP contribution in [-0.4, -0.2) is 23.1 Å². The van der Waals surface area contributed by atoms with Crippen LogP contribution < -0.4 is 11.1 Å². The summed E-state index contributed by atoms with van der Waals surface area (Å²) in [6.45, 7) is 6.65. The highest BCUT2D eigenvalue weighted by Gasteiger charge is 2.28. The van der Waals surface area contributed by atoms with E-state index in [4.69, 9.17) is 5.73 Å². The fraction of sp³-hybridized carbons (Fsp3) is 0.421. The summed E-state index contributed by atoms with van der Waals surface area (Å²) in [5, 5.41) is 2.99. The van der Waals surface area contributed by atoms with Crippen LogP contribution in [0.15, 0.2) is 30.3 Å². The van der Waals surface area contributed by atoms with Crippen LogP contribution in [0.1, 0.15) is 40.2 Å². The second-order valence-electron chi connectivity index (χ2n) is 6.67. The summed E-state index contributed by atoms with van der Waals surface area (Å²) in [6.07, 6.45) is 2.39. The number of nitrogens with two attached hydrogens (primary N) is 1. The molecule has 0 spiro atoms. The number of rotatable bonds is 5. The summed E-state index contributed by atoms with van der Waals surface area (Å²) in [5.74, 6) is 0.558. The Balaban J connectivity index is 1.80. The molecule has 1 saturated carbocycles. The number of nitrogens with one attached hydrogen (secondary N) is 1. The van der Waals surface area contributed by atoms with Gasteiger partial charge in [-0.1, -0.05) is 12.1 Å². The Morgan fingerprint density at radius 1 is 1.30 bits per heavy atom. The third kappa shape index (κ3) is 3.32. The molecule has 4 heteroatoms. The predicted octanol–water partition coefficient (Wildman–Crippen LogP) is 2.87. The molecule has 1 aromatic heterocycles. The second kappa shape index (κ2) is 6.20. The number of carbonyl (C=O) groups excluding carboxylic acids is 1. The van der Waals surface area contributed by atoms with Gasteiger partial charge in [-0.2, -0.15) is 0 Å². The van der Waals surface area contributed by atoms with Crippen molar-refractivity contribution in [3.63, 3.8) is 0 Å². The summed E-state index contributed by atoms with van der Waals surface area (Å²) in [6, 6.07) is 10.3. The van der Waals surface area contributed by atoms with Crippen molar-refractivity contribution in [1.29, 1.82) is 0 Å². The van der Waals surface area contributed by atoms with E-state index in [1.807, 2.05) is 26.0 Å². The molecule has 2 aromatic rings. The molecule has 0 aliphatic heterocycles. The number of aryl methyl sites for hydroxylation is 2. The lowest BCUT2D eigenvalue weighted by atomic mass is 10.2. The van der Waals surface area contributed by atoms with Gasteiger partial charge in [0.05, 0.1) is 5.56 Å². The van der Waals surface area contributed by atoms with Crippen LogP contribution in [0.2, 0.25) is 0 Å². The highest BCUT2D eigenvalue weighted by Crippen LogP contribution is 2.31. The van der Waals surface area contributed by atoms with E-state index in [0.717, 1.165) is 22.6 Å². The molecule has 1 aliphatic rings. The number of hydrogen-bond acceptors (Lipinski definition) is 2. The van der Waals surface area contributed by atoms with Crippen molar-refractivity contribution >= 4 is 5.91 Å². The number of aromatic nitrogens is 1. The van der Waals surface area contributed by atoms with Gasteiger partial charge in [0.15, 0.2) is 0 Å². The van der Waals surface area contributed by atoms with E-state index < -0.39 is 0 Å². The summed E-state index contributed by atoms with van der Waals surface area (Å²) in [4.78, 5) is 12.5. The van der Waals surface area contributed by atoms with Crippen LogP contribution in [0.3, 0.4) is 0 Å². The maximum atomic E-state index is 12.5. The molecule has 1 atom stereocenters. The molecule has 1 aliphatic carbocycles. The largest absolute Gasteiger partial charge is 0.350 e. The van der Waals surface area contributed by atoms with Crippen molar-refractivity contribution < 1.29 is 4.79 Å². The fourth-order valence-corrected chi connectivity index (χ4v) is 3.15. The summed E-state index contributed by atoms with van der Waals surface area (Å²) in [7, 11) is 0. The topological polar surface area (TPSA) is 60.0 Å². The summed E-state index contributed by atoms with van der Waals surface area (Å²) in [5.41, 5.74) is 11.1. The molecule has 1 amide bonds. The van der Waals surface area contributed by atoms with E-state index >= 15 is 0 Å². The molecule has 1 fully saturated rings. The van der Waals surface area contributed by atoms with Crippen LogP contribution in [0.4, 0.5) is 0 Å². The first kappa shape index (κ1) is 15.8. The lowest BCUT2D eigenvalue weighted by molar-refractivity contribution is 0.0949. The zero-order chi connectivity index (χ0) is 16.6. The first-order chi connectivity index (χ1) is 11.0. The van der Waals surface area contributed by atoms with Crippen molar-refractivity contribution in [1.82, 2.24) is 9.88 Å². The Morgan fingerprint density at radius 2 is 2.04 bits per heavy atom. The van der Waals surface area contributed by atoms with Gasteiger partial charge in [-0.3, -0.25) is 4.79 Å². The molecule has 0 saturated heterocycles. The average molecular weight is 311 g/mol. The van der Waals surface area contributed by atoms with Crippen LogP contribution in [0.25, 0.3) is 5.69 Å². The average Bonchev–Trinajstić information content (AvgIpc) is 3.31. The van der Waals surface area contributed by atoms with Gasteiger partial charge in [-0.05, 0) is 63.3 Å². The molecule has 1 heterocycles. The lowest BCUT2D eigenvalue weighted by Gasteiger charge is -2.12. The highest BCUT2D eigenvalue weighted by molar-refractivity contribution is 5.96. The minimum atomic E-state index is -0.0342. The molecule has 1 unspecified atom stereocenters. The Bertz CT molecular complexity index is 728. The quantitative estimate of drug-likeness (QED) is 0.892. The molecule has 122 valence electrons. The standard InChI is InChI=1S/C19H25N3O/c1-12-5-4-6-16(9-12)22-13(2)10-17(14(22)3)19(23)21-11-18(20)15-7-8-15/h4-6,9-10,15,18H,7-8,11,20H2,1-3H3,(H,21,23). The van der Waals surface area contributed by atoms with Gasteiger partial charge in [0.25, 0.3) is 5.91 Å². The molecule has 0 bridgehead atoms. The smallest absolute Gasteiger partial charge is 0.253 e. The zero-order valence-electron chi connectivity index (χ0n) is 14.1. The van der Waals surface area contributed by atoms with E-state index in [0.29, 0.717) is 12.5 Å². The van der Waals surface area contributed by atoms with Gasteiger partial charge >= 0.3 is 0 Å². The third-order valence-electron chi connectivity index (χ3n) is 4.66. The third-order valence-corrected chi connectivity index (χ3v) is 4.66. The number of hydrogen-bond donors (Lipinski definition) is 2. The molecule has 23 heavy (non-hydrogen) atoms. The number of benzene rings is 1. The van der Waals surface area contributed by atoms with Gasteiger partial charge in [-0.25, -0.2) is 0 Å². The molecule has 0 radical (unpaired) electrons. The Labute approximate surface area is 137 Å². The van der Waals surface area contributed by atoms with E-state index in [-0.39, 0.29) is 11.9 Å². The van der Waals surface area contributed by atoms with Crippen LogP contribution in [-0.2, 0) is 0 Å². The van der Waals surface area contributed by atoms with E-state index in [2.05, 4.69) is 35.0 Å². The van der Waals surface area contributed by atoms with Gasteiger partial charge in [-0.15, -0.1) is 0 Å². The first-order valence-electron chi connectivity index (χ1n) is 8.27. The van der Waals surface area contributed by atoms with Gasteiger partial charge in [0.2, 0.25) is 0 Å². The molecular weight excluding hydrogens is 286 g/mol. The fourth-order valence-electron chi connectivity index (χ4n) is 3.15. The second-order valence-corrected chi connectivity index (χ2v) is 6.67. The number of nitrogens with zero attached hydrogens (tertiary/aromatic N) is 1. The molecule has 3 rings (SSSR count). The molecule has 4 nitrogen and oxygen atoms in total. The summed E-state index contributed by atoms with van der Waals surface area (Å²) < 4.78 is 2.13. The van der Waals surface area contributed by atoms with Crippen LogP contribution >= 0.6 is 0 Å².